The van der Waals surface area contributed by atoms with E-state index in [4.69, 9.17) is 11.6 Å². The van der Waals surface area contributed by atoms with Crippen molar-refractivity contribution >= 4 is 33.4 Å². The minimum Gasteiger partial charge on any atom is -0.340 e. The Hall–Kier alpha value is -0.610. The van der Waals surface area contributed by atoms with E-state index < -0.39 is 0 Å². The normalized spacial score (nSPS) is 23.0. The lowest BCUT2D eigenvalue weighted by Crippen LogP contribution is -2.38. The van der Waals surface area contributed by atoms with Crippen molar-refractivity contribution in [3.05, 3.63) is 28.5 Å². The third-order valence-corrected chi connectivity index (χ3v) is 3.83. The Labute approximate surface area is 114 Å². The molecule has 2 rings (SSSR count). The molecule has 0 unspecified atom stereocenters. The summed E-state index contributed by atoms with van der Waals surface area (Å²) in [4.78, 5) is 17.9. The fourth-order valence-electron chi connectivity index (χ4n) is 1.97. The summed E-state index contributed by atoms with van der Waals surface area (Å²) in [5.41, 5.74) is 0.484. The summed E-state index contributed by atoms with van der Waals surface area (Å²) in [6.07, 6.45) is 3.65. The molecular formula is C12H14BrClN2O. The summed E-state index contributed by atoms with van der Waals surface area (Å²) in [5.74, 6) is 0.512. The van der Waals surface area contributed by atoms with E-state index in [1.165, 1.54) is 0 Å². The molecule has 1 aromatic rings. The SMILES string of the molecule is CN(CC1CC(Cl)C1)C(=O)c1ccc(Br)cn1. The molecule has 1 amide bonds. The molecule has 92 valence electrons. The van der Waals surface area contributed by atoms with Gasteiger partial charge in [-0.25, -0.2) is 4.98 Å². The smallest absolute Gasteiger partial charge is 0.272 e. The van der Waals surface area contributed by atoms with Gasteiger partial charge < -0.3 is 4.90 Å². The Morgan fingerprint density at radius 3 is 2.82 bits per heavy atom. The molecule has 1 aliphatic carbocycles. The second-order valence-electron chi connectivity index (χ2n) is 4.48. The van der Waals surface area contributed by atoms with E-state index in [-0.39, 0.29) is 5.91 Å². The molecule has 0 radical (unpaired) electrons. The maximum Gasteiger partial charge on any atom is 0.272 e. The Morgan fingerprint density at radius 2 is 2.29 bits per heavy atom. The summed E-state index contributed by atoms with van der Waals surface area (Å²) < 4.78 is 0.876. The summed E-state index contributed by atoms with van der Waals surface area (Å²) >= 11 is 9.22. The predicted molar refractivity (Wildman–Crippen MR) is 71.3 cm³/mol. The molecule has 0 aromatic carbocycles. The largest absolute Gasteiger partial charge is 0.340 e. The van der Waals surface area contributed by atoms with Crippen molar-refractivity contribution in [1.82, 2.24) is 9.88 Å². The number of rotatable bonds is 3. The minimum atomic E-state index is -0.0319. The van der Waals surface area contributed by atoms with Gasteiger partial charge in [-0.2, -0.15) is 0 Å². The highest BCUT2D eigenvalue weighted by Gasteiger charge is 2.29. The third-order valence-electron chi connectivity index (χ3n) is 3.00. The minimum absolute atomic E-state index is 0.0319. The fourth-order valence-corrected chi connectivity index (χ4v) is 2.71. The van der Waals surface area contributed by atoms with Crippen molar-refractivity contribution in [2.45, 2.75) is 18.2 Å². The van der Waals surface area contributed by atoms with Gasteiger partial charge in [0.25, 0.3) is 5.91 Å². The number of hydrogen-bond acceptors (Lipinski definition) is 2. The maximum absolute atomic E-state index is 12.0. The van der Waals surface area contributed by atoms with Crippen LogP contribution in [0, 0.1) is 5.92 Å². The van der Waals surface area contributed by atoms with Gasteiger partial charge in [-0.05, 0) is 46.8 Å². The first-order valence-electron chi connectivity index (χ1n) is 5.57. The molecule has 1 saturated carbocycles. The Kier molecular flexibility index (Phi) is 4.05. The van der Waals surface area contributed by atoms with Gasteiger partial charge in [0, 0.05) is 29.6 Å². The number of aromatic nitrogens is 1. The van der Waals surface area contributed by atoms with Gasteiger partial charge in [0.05, 0.1) is 0 Å². The second-order valence-corrected chi connectivity index (χ2v) is 6.01. The van der Waals surface area contributed by atoms with E-state index in [1.807, 2.05) is 13.1 Å². The fraction of sp³-hybridized carbons (Fsp3) is 0.500. The number of halogens is 2. The monoisotopic (exact) mass is 316 g/mol. The van der Waals surface area contributed by atoms with Crippen LogP contribution in [-0.4, -0.2) is 34.8 Å². The van der Waals surface area contributed by atoms with Crippen LogP contribution < -0.4 is 0 Å². The van der Waals surface area contributed by atoms with E-state index in [1.54, 1.807) is 17.2 Å². The zero-order valence-corrected chi connectivity index (χ0v) is 11.9. The Bertz CT molecular complexity index is 403. The number of carbonyl (C=O) groups excluding carboxylic acids is 1. The molecule has 0 aliphatic heterocycles. The quantitative estimate of drug-likeness (QED) is 0.803. The van der Waals surface area contributed by atoms with Crippen LogP contribution in [0.1, 0.15) is 23.3 Å². The van der Waals surface area contributed by atoms with Gasteiger partial charge in [0.15, 0.2) is 0 Å². The molecule has 3 nitrogen and oxygen atoms in total. The number of amides is 1. The number of pyridine rings is 1. The average molecular weight is 318 g/mol. The summed E-state index contributed by atoms with van der Waals surface area (Å²) in [6, 6.07) is 3.56. The van der Waals surface area contributed by atoms with Crippen molar-refractivity contribution in [3.8, 4) is 0 Å². The van der Waals surface area contributed by atoms with Gasteiger partial charge in [0.2, 0.25) is 0 Å². The summed E-state index contributed by atoms with van der Waals surface area (Å²) in [6.45, 7) is 0.764. The van der Waals surface area contributed by atoms with Crippen LogP contribution in [0.4, 0.5) is 0 Å². The van der Waals surface area contributed by atoms with Crippen LogP contribution in [-0.2, 0) is 0 Å². The van der Waals surface area contributed by atoms with Gasteiger partial charge in [-0.3, -0.25) is 4.79 Å². The van der Waals surface area contributed by atoms with E-state index >= 15 is 0 Å². The van der Waals surface area contributed by atoms with Crippen LogP contribution in [0.3, 0.4) is 0 Å². The van der Waals surface area contributed by atoms with Crippen LogP contribution in [0.25, 0.3) is 0 Å². The molecule has 5 heteroatoms. The lowest BCUT2D eigenvalue weighted by molar-refractivity contribution is 0.0741. The van der Waals surface area contributed by atoms with E-state index in [0.29, 0.717) is 17.0 Å². The standard InChI is InChI=1S/C12H14BrClN2O/c1-16(7-8-4-10(14)5-8)12(17)11-3-2-9(13)6-15-11/h2-3,6,8,10H,4-5,7H2,1H3. The molecule has 17 heavy (non-hydrogen) atoms. The lowest BCUT2D eigenvalue weighted by atomic mass is 9.84. The van der Waals surface area contributed by atoms with Crippen LogP contribution in [0.2, 0.25) is 0 Å². The van der Waals surface area contributed by atoms with Crippen LogP contribution in [0.15, 0.2) is 22.8 Å². The number of nitrogens with zero attached hydrogens (tertiary/aromatic N) is 2. The molecule has 0 bridgehead atoms. The second kappa shape index (κ2) is 5.36. The topological polar surface area (TPSA) is 33.2 Å². The number of carbonyl (C=O) groups is 1. The molecule has 0 spiro atoms. The molecule has 0 N–H and O–H groups in total. The van der Waals surface area contributed by atoms with Crippen molar-refractivity contribution < 1.29 is 4.79 Å². The maximum atomic E-state index is 12.0. The highest BCUT2D eigenvalue weighted by atomic mass is 79.9. The van der Waals surface area contributed by atoms with Crippen LogP contribution >= 0.6 is 27.5 Å². The van der Waals surface area contributed by atoms with Gasteiger partial charge in [-0.15, -0.1) is 11.6 Å². The van der Waals surface area contributed by atoms with Crippen molar-refractivity contribution in [2.24, 2.45) is 5.92 Å². The van der Waals surface area contributed by atoms with Gasteiger partial charge >= 0.3 is 0 Å². The first kappa shape index (κ1) is 12.8. The van der Waals surface area contributed by atoms with Gasteiger partial charge in [0.1, 0.15) is 5.69 Å². The molecule has 1 aromatic heterocycles. The first-order valence-corrected chi connectivity index (χ1v) is 6.80. The highest BCUT2D eigenvalue weighted by molar-refractivity contribution is 9.10. The van der Waals surface area contributed by atoms with Gasteiger partial charge in [-0.1, -0.05) is 0 Å². The van der Waals surface area contributed by atoms with Crippen molar-refractivity contribution in [3.63, 3.8) is 0 Å². The third kappa shape index (κ3) is 3.19. The number of alkyl halides is 1. The Morgan fingerprint density at radius 1 is 1.59 bits per heavy atom. The van der Waals surface area contributed by atoms with Crippen molar-refractivity contribution in [1.29, 1.82) is 0 Å². The molecule has 1 heterocycles. The summed E-state index contributed by atoms with van der Waals surface area (Å²) in [7, 11) is 1.81. The highest BCUT2D eigenvalue weighted by Crippen LogP contribution is 2.32. The molecule has 1 fully saturated rings. The molecule has 0 atom stereocenters. The van der Waals surface area contributed by atoms with Crippen molar-refractivity contribution in [2.75, 3.05) is 13.6 Å². The van der Waals surface area contributed by atoms with E-state index in [9.17, 15) is 4.79 Å². The predicted octanol–water partition coefficient (Wildman–Crippen LogP) is 2.93. The lowest BCUT2D eigenvalue weighted by Gasteiger charge is -2.33. The molecule has 1 aliphatic rings. The average Bonchev–Trinajstić information content (AvgIpc) is 2.27. The van der Waals surface area contributed by atoms with E-state index in [2.05, 4.69) is 20.9 Å². The number of hydrogen-bond donors (Lipinski definition) is 0. The van der Waals surface area contributed by atoms with E-state index in [0.717, 1.165) is 23.9 Å². The van der Waals surface area contributed by atoms with Crippen LogP contribution in [0.5, 0.6) is 0 Å². The Balaban J connectivity index is 1.92. The summed E-state index contributed by atoms with van der Waals surface area (Å²) in [5, 5.41) is 0.300. The molecular weight excluding hydrogens is 304 g/mol. The first-order chi connectivity index (χ1) is 8.06. The molecule has 0 saturated heterocycles. The zero-order chi connectivity index (χ0) is 12.4. The zero-order valence-electron chi connectivity index (χ0n) is 9.57.